The highest BCUT2D eigenvalue weighted by molar-refractivity contribution is 6.30. The summed E-state index contributed by atoms with van der Waals surface area (Å²) in [5, 5.41) is 1.27. The third-order valence-corrected chi connectivity index (χ3v) is 4.20. The van der Waals surface area contributed by atoms with Crippen LogP contribution >= 0.6 is 11.6 Å². The highest BCUT2D eigenvalue weighted by Gasteiger charge is 2.14. The molecule has 0 unspecified atom stereocenters. The predicted molar refractivity (Wildman–Crippen MR) is 100 cm³/mol. The fourth-order valence-corrected chi connectivity index (χ4v) is 2.92. The Labute approximate surface area is 148 Å². The maximum absolute atomic E-state index is 11.7. The van der Waals surface area contributed by atoms with Gasteiger partial charge in [-0.1, -0.05) is 54.1 Å². The minimum Gasteiger partial charge on any atom is -0.385 e. The van der Waals surface area contributed by atoms with E-state index in [4.69, 9.17) is 17.3 Å². The van der Waals surface area contributed by atoms with Gasteiger partial charge in [0.05, 0.1) is 11.1 Å². The van der Waals surface area contributed by atoms with Crippen LogP contribution < -0.4 is 11.4 Å². The number of hydrogen-bond donors (Lipinski definition) is 2. The molecule has 0 saturated carbocycles. The summed E-state index contributed by atoms with van der Waals surface area (Å²) in [6.45, 7) is 0. The first-order valence-electron chi connectivity index (χ1n) is 7.64. The SMILES string of the molecule is Nc1[nH]c(=O)nc2nc(-c3ccc(Cl)cc3)cc(-c3ccccc3)c12. The number of anilines is 1. The Bertz CT molecular complexity index is 1120. The second kappa shape index (κ2) is 6.03. The molecule has 0 aliphatic heterocycles. The van der Waals surface area contributed by atoms with Crippen LogP contribution in [0.3, 0.4) is 0 Å². The van der Waals surface area contributed by atoms with E-state index >= 15 is 0 Å². The van der Waals surface area contributed by atoms with Gasteiger partial charge in [0.2, 0.25) is 0 Å². The molecule has 4 rings (SSSR count). The van der Waals surface area contributed by atoms with Crippen molar-refractivity contribution in [2.75, 3.05) is 5.73 Å². The molecule has 0 aliphatic rings. The van der Waals surface area contributed by atoms with Crippen LogP contribution in [0, 0.1) is 0 Å². The van der Waals surface area contributed by atoms with E-state index in [1.165, 1.54) is 0 Å². The molecule has 4 aromatic rings. The van der Waals surface area contributed by atoms with Crippen molar-refractivity contribution in [1.29, 1.82) is 0 Å². The van der Waals surface area contributed by atoms with Gasteiger partial charge < -0.3 is 5.73 Å². The lowest BCUT2D eigenvalue weighted by Crippen LogP contribution is -2.14. The van der Waals surface area contributed by atoms with Crippen LogP contribution in [-0.4, -0.2) is 15.0 Å². The third kappa shape index (κ3) is 2.86. The fraction of sp³-hybridized carbons (Fsp3) is 0. The number of H-pyrrole nitrogens is 1. The molecule has 0 spiro atoms. The number of nitrogens with two attached hydrogens (primary N) is 1. The molecule has 6 heteroatoms. The van der Waals surface area contributed by atoms with E-state index in [0.717, 1.165) is 16.7 Å². The molecule has 25 heavy (non-hydrogen) atoms. The van der Waals surface area contributed by atoms with Gasteiger partial charge in [-0.15, -0.1) is 0 Å². The lowest BCUT2D eigenvalue weighted by molar-refractivity contribution is 1.10. The number of hydrogen-bond acceptors (Lipinski definition) is 4. The normalized spacial score (nSPS) is 10.9. The number of rotatable bonds is 2. The van der Waals surface area contributed by atoms with Gasteiger partial charge in [-0.2, -0.15) is 4.98 Å². The molecule has 0 radical (unpaired) electrons. The molecule has 2 heterocycles. The molecule has 0 fully saturated rings. The Balaban J connectivity index is 2.07. The first kappa shape index (κ1) is 15.4. The van der Waals surface area contributed by atoms with Crippen molar-refractivity contribution in [3.8, 4) is 22.4 Å². The van der Waals surface area contributed by atoms with E-state index in [1.807, 2.05) is 48.5 Å². The van der Waals surface area contributed by atoms with Crippen LogP contribution in [0.25, 0.3) is 33.4 Å². The summed E-state index contributed by atoms with van der Waals surface area (Å²) in [5.74, 6) is 0.254. The second-order valence-corrected chi connectivity index (χ2v) is 6.02. The van der Waals surface area contributed by atoms with Gasteiger partial charge in [0.25, 0.3) is 0 Å². The summed E-state index contributed by atoms with van der Waals surface area (Å²) in [6.07, 6.45) is 0. The molecule has 0 bridgehead atoms. The van der Waals surface area contributed by atoms with E-state index in [0.29, 0.717) is 21.7 Å². The molecular weight excluding hydrogens is 336 g/mol. The smallest absolute Gasteiger partial charge is 0.348 e. The average molecular weight is 349 g/mol. The van der Waals surface area contributed by atoms with Crippen molar-refractivity contribution in [1.82, 2.24) is 15.0 Å². The zero-order valence-electron chi connectivity index (χ0n) is 13.0. The van der Waals surface area contributed by atoms with E-state index in [9.17, 15) is 4.79 Å². The average Bonchev–Trinajstić information content (AvgIpc) is 2.62. The van der Waals surface area contributed by atoms with Crippen LogP contribution in [0.2, 0.25) is 5.02 Å². The number of pyridine rings is 1. The summed E-state index contributed by atoms with van der Waals surface area (Å²) >= 11 is 5.97. The minimum absolute atomic E-state index is 0.254. The lowest BCUT2D eigenvalue weighted by Gasteiger charge is -2.11. The maximum atomic E-state index is 11.7. The summed E-state index contributed by atoms with van der Waals surface area (Å²) in [5.41, 5.74) is 9.24. The van der Waals surface area contributed by atoms with Crippen molar-refractivity contribution in [3.63, 3.8) is 0 Å². The number of nitrogen functional groups attached to an aromatic ring is 1. The molecule has 122 valence electrons. The molecule has 0 saturated heterocycles. The number of aromatic nitrogens is 3. The number of nitrogens with one attached hydrogen (secondary N) is 1. The Morgan fingerprint density at radius 2 is 1.64 bits per heavy atom. The first-order valence-corrected chi connectivity index (χ1v) is 8.01. The number of nitrogens with zero attached hydrogens (tertiary/aromatic N) is 2. The van der Waals surface area contributed by atoms with Crippen LogP contribution in [-0.2, 0) is 0 Å². The van der Waals surface area contributed by atoms with Gasteiger partial charge in [-0.05, 0) is 29.3 Å². The molecular formula is C19H13ClN4O. The predicted octanol–water partition coefficient (Wildman–Crippen LogP) is 3.89. The summed E-state index contributed by atoms with van der Waals surface area (Å²) < 4.78 is 0. The highest BCUT2D eigenvalue weighted by Crippen LogP contribution is 2.33. The van der Waals surface area contributed by atoms with Gasteiger partial charge >= 0.3 is 5.69 Å². The molecule has 0 amide bonds. The van der Waals surface area contributed by atoms with Crippen molar-refractivity contribution in [2.24, 2.45) is 0 Å². The molecule has 2 aromatic heterocycles. The fourth-order valence-electron chi connectivity index (χ4n) is 2.79. The standard InChI is InChI=1S/C19H13ClN4O/c20-13-8-6-12(7-9-13)15-10-14(11-4-2-1-3-5-11)16-17(21)23-19(25)24-18(16)22-15/h1-10H,(H3,21,22,23,24,25). The van der Waals surface area contributed by atoms with Gasteiger partial charge in [-0.25, -0.2) is 9.78 Å². The number of benzene rings is 2. The van der Waals surface area contributed by atoms with Crippen LogP contribution in [0.1, 0.15) is 0 Å². The van der Waals surface area contributed by atoms with Gasteiger partial charge in [0.15, 0.2) is 5.65 Å². The zero-order valence-corrected chi connectivity index (χ0v) is 13.8. The Hall–Kier alpha value is -3.18. The number of aromatic amines is 1. The summed E-state index contributed by atoms with van der Waals surface area (Å²) in [7, 11) is 0. The molecule has 2 aromatic carbocycles. The molecule has 0 aliphatic carbocycles. The van der Waals surface area contributed by atoms with E-state index in [1.54, 1.807) is 12.1 Å². The highest BCUT2D eigenvalue weighted by atomic mass is 35.5. The molecule has 0 atom stereocenters. The van der Waals surface area contributed by atoms with E-state index in [2.05, 4.69) is 15.0 Å². The van der Waals surface area contributed by atoms with E-state index < -0.39 is 5.69 Å². The van der Waals surface area contributed by atoms with Crippen molar-refractivity contribution in [3.05, 3.63) is 76.2 Å². The molecule has 3 N–H and O–H groups in total. The van der Waals surface area contributed by atoms with Crippen LogP contribution in [0.5, 0.6) is 0 Å². The summed E-state index contributed by atoms with van der Waals surface area (Å²) in [4.78, 5) is 22.8. The van der Waals surface area contributed by atoms with Crippen molar-refractivity contribution >= 4 is 28.5 Å². The largest absolute Gasteiger partial charge is 0.385 e. The monoisotopic (exact) mass is 348 g/mol. The quantitative estimate of drug-likeness (QED) is 0.575. The lowest BCUT2D eigenvalue weighted by atomic mass is 10.00. The molecule has 5 nitrogen and oxygen atoms in total. The third-order valence-electron chi connectivity index (χ3n) is 3.94. The number of halogens is 1. The minimum atomic E-state index is -0.523. The zero-order chi connectivity index (χ0) is 17.4. The topological polar surface area (TPSA) is 84.7 Å². The Kier molecular flexibility index (Phi) is 3.71. The Morgan fingerprint density at radius 1 is 0.920 bits per heavy atom. The first-order chi connectivity index (χ1) is 12.1. The Morgan fingerprint density at radius 3 is 2.36 bits per heavy atom. The van der Waals surface area contributed by atoms with Crippen molar-refractivity contribution in [2.45, 2.75) is 0 Å². The maximum Gasteiger partial charge on any atom is 0.348 e. The van der Waals surface area contributed by atoms with Crippen molar-refractivity contribution < 1.29 is 0 Å². The summed E-state index contributed by atoms with van der Waals surface area (Å²) in [6, 6.07) is 19.1. The van der Waals surface area contributed by atoms with Crippen LogP contribution in [0.4, 0.5) is 5.82 Å². The number of fused-ring (bicyclic) bond motifs is 1. The van der Waals surface area contributed by atoms with Crippen LogP contribution in [0.15, 0.2) is 65.5 Å². The van der Waals surface area contributed by atoms with E-state index in [-0.39, 0.29) is 5.82 Å². The van der Waals surface area contributed by atoms with Gasteiger partial charge in [0.1, 0.15) is 5.82 Å². The van der Waals surface area contributed by atoms with Gasteiger partial charge in [0, 0.05) is 10.6 Å². The van der Waals surface area contributed by atoms with Gasteiger partial charge in [-0.3, -0.25) is 4.98 Å². The second-order valence-electron chi connectivity index (χ2n) is 5.58.